The standard InChI is InChI=1S/C16H22N2O4.C5H4F3N3/c19-13-4-6-22-14(15(13)20)9-18-16(21)11-1-2-12-8-17-5-3-10(12)7-11;6-5(7,8)3-1-10-2-4(9)11-3/h1-2,7,13-15,17,19-20H,3-6,8-9H2,(H,18,21);1-2H,(H2,9,11). The lowest BCUT2D eigenvalue weighted by Gasteiger charge is -2.32. The minimum Gasteiger partial charge on any atom is -0.390 e. The van der Waals surface area contributed by atoms with Gasteiger partial charge >= 0.3 is 6.18 Å². The van der Waals surface area contributed by atoms with Crippen molar-refractivity contribution in [2.24, 2.45) is 0 Å². The second-order valence-corrected chi connectivity index (χ2v) is 7.70. The number of amides is 1. The number of nitrogen functional groups attached to an aromatic ring is 1. The van der Waals surface area contributed by atoms with Gasteiger partial charge in [-0.15, -0.1) is 0 Å². The van der Waals surface area contributed by atoms with E-state index in [1.54, 1.807) is 0 Å². The van der Waals surface area contributed by atoms with Crippen LogP contribution >= 0.6 is 0 Å². The number of ether oxygens (including phenoxy) is 1. The van der Waals surface area contributed by atoms with Gasteiger partial charge in [0, 0.05) is 25.3 Å². The first kappa shape index (κ1) is 24.8. The Kier molecular flexibility index (Phi) is 8.19. The number of carbonyl (C=O) groups is 1. The fourth-order valence-electron chi connectivity index (χ4n) is 3.47. The summed E-state index contributed by atoms with van der Waals surface area (Å²) in [6.45, 7) is 2.36. The Bertz CT molecular complexity index is 960. The lowest BCUT2D eigenvalue weighted by atomic mass is 9.98. The lowest BCUT2D eigenvalue weighted by molar-refractivity contribution is -0.141. The van der Waals surface area contributed by atoms with Crippen molar-refractivity contribution in [1.82, 2.24) is 20.6 Å². The van der Waals surface area contributed by atoms with Crippen molar-refractivity contribution in [2.75, 3.05) is 25.4 Å². The first-order valence-corrected chi connectivity index (χ1v) is 10.4. The second-order valence-electron chi connectivity index (χ2n) is 7.70. The fourth-order valence-corrected chi connectivity index (χ4v) is 3.47. The topological polar surface area (TPSA) is 143 Å². The minimum atomic E-state index is -4.47. The number of alkyl halides is 3. The number of benzene rings is 1. The van der Waals surface area contributed by atoms with Gasteiger partial charge < -0.3 is 31.3 Å². The number of rotatable bonds is 3. The largest absolute Gasteiger partial charge is 0.434 e. The quantitative estimate of drug-likeness (QED) is 0.441. The summed E-state index contributed by atoms with van der Waals surface area (Å²) in [7, 11) is 0. The molecular weight excluding hydrogens is 443 g/mol. The predicted octanol–water partition coefficient (Wildman–Crippen LogP) is 0.650. The van der Waals surface area contributed by atoms with Crippen molar-refractivity contribution in [3.05, 3.63) is 53.0 Å². The van der Waals surface area contributed by atoms with Gasteiger partial charge in [0.05, 0.1) is 18.5 Å². The summed E-state index contributed by atoms with van der Waals surface area (Å²) in [5, 5.41) is 25.5. The van der Waals surface area contributed by atoms with Crippen molar-refractivity contribution in [2.45, 2.75) is 43.9 Å². The summed E-state index contributed by atoms with van der Waals surface area (Å²) in [5.41, 5.74) is 6.96. The summed E-state index contributed by atoms with van der Waals surface area (Å²) >= 11 is 0. The minimum absolute atomic E-state index is 0.183. The number of hydrogen-bond donors (Lipinski definition) is 5. The molecule has 2 aliphatic heterocycles. The molecule has 9 nitrogen and oxygen atoms in total. The molecule has 2 aromatic rings. The number of carbonyl (C=O) groups excluding carboxylic acids is 1. The molecule has 1 aromatic heterocycles. The lowest BCUT2D eigenvalue weighted by Crippen LogP contribution is -2.49. The second kappa shape index (κ2) is 10.9. The number of nitrogens with two attached hydrogens (primary N) is 1. The van der Waals surface area contributed by atoms with Gasteiger partial charge in [0.25, 0.3) is 5.91 Å². The molecule has 0 saturated carbocycles. The van der Waals surface area contributed by atoms with Crippen molar-refractivity contribution >= 4 is 11.7 Å². The molecule has 0 radical (unpaired) electrons. The Morgan fingerprint density at radius 1 is 1.27 bits per heavy atom. The highest BCUT2D eigenvalue weighted by molar-refractivity contribution is 5.94. The third-order valence-corrected chi connectivity index (χ3v) is 5.28. The zero-order valence-corrected chi connectivity index (χ0v) is 17.7. The highest BCUT2D eigenvalue weighted by Crippen LogP contribution is 2.26. The Morgan fingerprint density at radius 3 is 2.76 bits per heavy atom. The van der Waals surface area contributed by atoms with Gasteiger partial charge in [-0.3, -0.25) is 9.78 Å². The molecule has 1 fully saturated rings. The van der Waals surface area contributed by atoms with Crippen LogP contribution in [0.1, 0.15) is 33.6 Å². The molecule has 4 rings (SSSR count). The van der Waals surface area contributed by atoms with E-state index in [1.165, 1.54) is 11.1 Å². The van der Waals surface area contributed by atoms with Gasteiger partial charge in [-0.25, -0.2) is 4.98 Å². The molecule has 0 aliphatic carbocycles. The molecule has 1 saturated heterocycles. The third-order valence-electron chi connectivity index (χ3n) is 5.28. The van der Waals surface area contributed by atoms with E-state index < -0.39 is 30.2 Å². The number of nitrogens with zero attached hydrogens (tertiary/aromatic N) is 2. The predicted molar refractivity (Wildman–Crippen MR) is 112 cm³/mol. The van der Waals surface area contributed by atoms with E-state index in [2.05, 4.69) is 20.6 Å². The summed E-state index contributed by atoms with van der Waals surface area (Å²) in [6, 6.07) is 5.72. The fraction of sp³-hybridized carbons (Fsp3) is 0.476. The molecule has 33 heavy (non-hydrogen) atoms. The maximum atomic E-state index is 12.2. The zero-order chi connectivity index (χ0) is 24.0. The molecule has 0 bridgehead atoms. The summed E-state index contributed by atoms with van der Waals surface area (Å²) in [4.78, 5) is 18.5. The molecule has 2 aliphatic rings. The van der Waals surface area contributed by atoms with Gasteiger partial charge in [0.2, 0.25) is 0 Å². The number of aliphatic hydroxyl groups excluding tert-OH is 2. The summed E-state index contributed by atoms with van der Waals surface area (Å²) < 4.78 is 40.8. The number of aliphatic hydroxyl groups is 2. The number of anilines is 1. The van der Waals surface area contributed by atoms with E-state index in [0.717, 1.165) is 25.7 Å². The summed E-state index contributed by atoms with van der Waals surface area (Å²) in [5.74, 6) is -0.419. The van der Waals surface area contributed by atoms with E-state index in [1.807, 2.05) is 18.2 Å². The SMILES string of the molecule is Nc1cncc(C(F)(F)F)n1.O=C(NCC1OCCC(O)C1O)c1ccc2c(c1)CCNC2. The monoisotopic (exact) mass is 469 g/mol. The van der Waals surface area contributed by atoms with Crippen LogP contribution in [0.2, 0.25) is 0 Å². The molecule has 3 unspecified atom stereocenters. The van der Waals surface area contributed by atoms with Crippen LogP contribution in [0.25, 0.3) is 0 Å². The molecule has 3 heterocycles. The van der Waals surface area contributed by atoms with Crippen molar-refractivity contribution in [3.63, 3.8) is 0 Å². The number of aromatic nitrogens is 2. The Hall–Kier alpha value is -2.80. The molecule has 1 aromatic carbocycles. The highest BCUT2D eigenvalue weighted by atomic mass is 19.4. The number of hydrogen-bond acceptors (Lipinski definition) is 8. The molecule has 0 spiro atoms. The van der Waals surface area contributed by atoms with Gasteiger partial charge in [0.1, 0.15) is 18.0 Å². The van der Waals surface area contributed by atoms with Gasteiger partial charge in [-0.05, 0) is 42.6 Å². The molecule has 180 valence electrons. The molecule has 12 heteroatoms. The average molecular weight is 469 g/mol. The first-order valence-electron chi connectivity index (χ1n) is 10.4. The number of nitrogens with one attached hydrogen (secondary N) is 2. The van der Waals surface area contributed by atoms with E-state index in [0.29, 0.717) is 24.8 Å². The first-order chi connectivity index (χ1) is 15.6. The van der Waals surface area contributed by atoms with Gasteiger partial charge in [-0.1, -0.05) is 6.07 Å². The third kappa shape index (κ3) is 6.84. The van der Waals surface area contributed by atoms with Crippen molar-refractivity contribution < 1.29 is 32.9 Å². The average Bonchev–Trinajstić information content (AvgIpc) is 2.79. The number of fused-ring (bicyclic) bond motifs is 1. The maximum Gasteiger partial charge on any atom is 0.434 e. The van der Waals surface area contributed by atoms with Crippen molar-refractivity contribution in [3.8, 4) is 0 Å². The van der Waals surface area contributed by atoms with Crippen LogP contribution in [0.4, 0.5) is 19.0 Å². The molecule has 6 N–H and O–H groups in total. The van der Waals surface area contributed by atoms with Crippen LogP contribution in [0, 0.1) is 0 Å². The van der Waals surface area contributed by atoms with Crippen LogP contribution in [0.15, 0.2) is 30.6 Å². The van der Waals surface area contributed by atoms with Crippen LogP contribution in [0.5, 0.6) is 0 Å². The van der Waals surface area contributed by atoms with E-state index in [9.17, 15) is 28.2 Å². The Labute approximate surface area is 188 Å². The maximum absolute atomic E-state index is 12.2. The van der Waals surface area contributed by atoms with Crippen LogP contribution in [-0.4, -0.2) is 64.1 Å². The Balaban J connectivity index is 0.000000235. The van der Waals surface area contributed by atoms with E-state index in [4.69, 9.17) is 10.5 Å². The Morgan fingerprint density at radius 2 is 2.06 bits per heavy atom. The summed E-state index contributed by atoms with van der Waals surface area (Å²) in [6.07, 6.45) is -3.75. The number of halogens is 3. The normalized spacial score (nSPS) is 22.5. The highest BCUT2D eigenvalue weighted by Gasteiger charge is 2.33. The zero-order valence-electron chi connectivity index (χ0n) is 17.7. The van der Waals surface area contributed by atoms with Crippen LogP contribution in [-0.2, 0) is 23.9 Å². The van der Waals surface area contributed by atoms with Crippen molar-refractivity contribution in [1.29, 1.82) is 0 Å². The molecule has 1 amide bonds. The van der Waals surface area contributed by atoms with Gasteiger partial charge in [-0.2, -0.15) is 13.2 Å². The van der Waals surface area contributed by atoms with E-state index in [-0.39, 0.29) is 18.3 Å². The molecular formula is C21H26F3N5O4. The molecule has 3 atom stereocenters. The van der Waals surface area contributed by atoms with Crippen LogP contribution in [0.3, 0.4) is 0 Å². The van der Waals surface area contributed by atoms with Gasteiger partial charge in [0.15, 0.2) is 5.69 Å². The smallest absolute Gasteiger partial charge is 0.390 e. The van der Waals surface area contributed by atoms with Crippen LogP contribution < -0.4 is 16.4 Å². The van der Waals surface area contributed by atoms with E-state index >= 15 is 0 Å².